The van der Waals surface area contributed by atoms with Gasteiger partial charge in [0, 0.05) is 18.2 Å². The summed E-state index contributed by atoms with van der Waals surface area (Å²) in [5, 5.41) is 0. The highest BCUT2D eigenvalue weighted by Gasteiger charge is 2.23. The molecule has 0 saturated heterocycles. The first-order chi connectivity index (χ1) is 9.28. The number of pyridine rings is 1. The highest BCUT2D eigenvalue weighted by atomic mass is 16.6. The van der Waals surface area contributed by atoms with Crippen LogP contribution in [0.1, 0.15) is 0 Å². The van der Waals surface area contributed by atoms with Gasteiger partial charge in [-0.3, -0.25) is 4.79 Å². The fraction of sp³-hybridized carbons (Fsp3) is 0.214. The molecule has 1 aromatic carbocycles. The Hall–Kier alpha value is -2.27. The van der Waals surface area contributed by atoms with Gasteiger partial charge >= 0.3 is 0 Å². The summed E-state index contributed by atoms with van der Waals surface area (Å²) < 4.78 is 11.5. The fourth-order valence-electron chi connectivity index (χ4n) is 2.07. The first-order valence-electron chi connectivity index (χ1n) is 6.10. The predicted molar refractivity (Wildman–Crippen MR) is 71.5 cm³/mol. The molecule has 1 aromatic heterocycles. The minimum Gasteiger partial charge on any atom is -0.486 e. The molecule has 5 nitrogen and oxygen atoms in total. The monoisotopic (exact) mass is 258 g/mol. The molecule has 98 valence electrons. The maximum Gasteiger partial charge on any atom is 0.248 e. The van der Waals surface area contributed by atoms with Crippen LogP contribution in [-0.2, 0) is 0 Å². The number of ether oxygens (including phenoxy) is 2. The minimum atomic E-state index is -0.163. The molecule has 0 amide bonds. The van der Waals surface area contributed by atoms with Crippen molar-refractivity contribution in [2.24, 2.45) is 5.73 Å². The van der Waals surface area contributed by atoms with E-state index in [1.165, 1.54) is 6.07 Å². The van der Waals surface area contributed by atoms with E-state index in [0.29, 0.717) is 30.3 Å². The Kier molecular flexibility index (Phi) is 2.97. The number of fused-ring (bicyclic) bond motifs is 1. The van der Waals surface area contributed by atoms with E-state index in [0.717, 1.165) is 5.56 Å². The topological polar surface area (TPSA) is 77.3 Å². The van der Waals surface area contributed by atoms with Gasteiger partial charge in [-0.1, -0.05) is 12.1 Å². The molecule has 3 N–H and O–H groups in total. The lowest BCUT2D eigenvalue weighted by Crippen LogP contribution is -2.35. The van der Waals surface area contributed by atoms with E-state index in [1.807, 2.05) is 24.3 Å². The van der Waals surface area contributed by atoms with E-state index >= 15 is 0 Å². The van der Waals surface area contributed by atoms with Gasteiger partial charge in [-0.05, 0) is 18.2 Å². The van der Waals surface area contributed by atoms with Crippen molar-refractivity contribution in [1.29, 1.82) is 0 Å². The van der Waals surface area contributed by atoms with Crippen molar-refractivity contribution in [3.63, 3.8) is 0 Å². The maximum absolute atomic E-state index is 11.4. The highest BCUT2D eigenvalue weighted by Crippen LogP contribution is 2.39. The molecule has 0 spiro atoms. The van der Waals surface area contributed by atoms with Crippen LogP contribution in [0.4, 0.5) is 0 Å². The van der Waals surface area contributed by atoms with E-state index in [1.54, 1.807) is 6.07 Å². The standard InChI is InChI=1S/C14H14N2O3/c15-7-9-8-18-12-5-1-3-10(14(12)19-9)11-4-2-6-13(17)16-11/h1-6,9H,7-8,15H2,(H,16,17). The van der Waals surface area contributed by atoms with Crippen molar-refractivity contribution in [3.8, 4) is 22.8 Å². The molecule has 1 atom stereocenters. The van der Waals surface area contributed by atoms with Gasteiger partial charge in [-0.25, -0.2) is 0 Å². The molecule has 0 radical (unpaired) electrons. The van der Waals surface area contributed by atoms with E-state index in [4.69, 9.17) is 15.2 Å². The zero-order valence-electron chi connectivity index (χ0n) is 10.3. The third kappa shape index (κ3) is 2.20. The smallest absolute Gasteiger partial charge is 0.248 e. The Morgan fingerprint density at radius 3 is 2.89 bits per heavy atom. The summed E-state index contributed by atoms with van der Waals surface area (Å²) >= 11 is 0. The highest BCUT2D eigenvalue weighted by molar-refractivity contribution is 5.71. The summed E-state index contributed by atoms with van der Waals surface area (Å²) in [6, 6.07) is 10.6. The molecule has 0 bridgehead atoms. The van der Waals surface area contributed by atoms with Gasteiger partial charge in [0.25, 0.3) is 0 Å². The number of aromatic amines is 1. The largest absolute Gasteiger partial charge is 0.486 e. The van der Waals surface area contributed by atoms with Crippen molar-refractivity contribution >= 4 is 0 Å². The molecular formula is C14H14N2O3. The minimum absolute atomic E-state index is 0.151. The lowest BCUT2D eigenvalue weighted by Gasteiger charge is -2.27. The van der Waals surface area contributed by atoms with Crippen LogP contribution in [0, 0.1) is 0 Å². The van der Waals surface area contributed by atoms with Gasteiger partial charge in [-0.15, -0.1) is 0 Å². The number of H-pyrrole nitrogens is 1. The molecule has 3 rings (SSSR count). The Bertz CT molecular complexity index is 651. The number of para-hydroxylation sites is 1. The van der Waals surface area contributed by atoms with Gasteiger partial charge in [0.1, 0.15) is 12.7 Å². The summed E-state index contributed by atoms with van der Waals surface area (Å²) in [5.41, 5.74) is 6.96. The van der Waals surface area contributed by atoms with Gasteiger partial charge in [-0.2, -0.15) is 0 Å². The van der Waals surface area contributed by atoms with Crippen molar-refractivity contribution in [3.05, 3.63) is 46.8 Å². The fourth-order valence-corrected chi connectivity index (χ4v) is 2.07. The Morgan fingerprint density at radius 1 is 1.26 bits per heavy atom. The Labute approximate surface area is 110 Å². The molecular weight excluding hydrogens is 244 g/mol. The van der Waals surface area contributed by atoms with Gasteiger partial charge in [0.15, 0.2) is 11.5 Å². The first-order valence-corrected chi connectivity index (χ1v) is 6.10. The molecule has 0 saturated carbocycles. The van der Waals surface area contributed by atoms with Crippen molar-refractivity contribution in [2.45, 2.75) is 6.10 Å². The zero-order valence-corrected chi connectivity index (χ0v) is 10.3. The van der Waals surface area contributed by atoms with Crippen LogP contribution in [0.5, 0.6) is 11.5 Å². The molecule has 5 heteroatoms. The second kappa shape index (κ2) is 4.78. The predicted octanol–water partition coefficient (Wildman–Crippen LogP) is 1.14. The number of nitrogens with one attached hydrogen (secondary N) is 1. The second-order valence-electron chi connectivity index (χ2n) is 4.35. The van der Waals surface area contributed by atoms with E-state index in [9.17, 15) is 4.79 Å². The van der Waals surface area contributed by atoms with Crippen molar-refractivity contribution in [2.75, 3.05) is 13.2 Å². The molecule has 2 heterocycles. The molecule has 1 unspecified atom stereocenters. The Morgan fingerprint density at radius 2 is 2.11 bits per heavy atom. The van der Waals surface area contributed by atoms with Crippen LogP contribution in [-0.4, -0.2) is 24.2 Å². The van der Waals surface area contributed by atoms with Crippen LogP contribution in [0.15, 0.2) is 41.2 Å². The number of aromatic nitrogens is 1. The number of nitrogens with two attached hydrogens (primary N) is 1. The van der Waals surface area contributed by atoms with Gasteiger partial charge in [0.2, 0.25) is 5.56 Å². The summed E-state index contributed by atoms with van der Waals surface area (Å²) in [6.07, 6.45) is -0.163. The van der Waals surface area contributed by atoms with Gasteiger partial charge in [0.05, 0.1) is 5.69 Å². The Balaban J connectivity index is 2.10. The van der Waals surface area contributed by atoms with Gasteiger partial charge < -0.3 is 20.2 Å². The van der Waals surface area contributed by atoms with Crippen LogP contribution in [0.25, 0.3) is 11.3 Å². The SMILES string of the molecule is NCC1COc2cccc(-c3cccc(=O)[nH]3)c2O1. The summed E-state index contributed by atoms with van der Waals surface area (Å²) in [5.74, 6) is 1.30. The average molecular weight is 258 g/mol. The van der Waals surface area contributed by atoms with E-state index in [2.05, 4.69) is 4.98 Å². The molecule has 0 fully saturated rings. The molecule has 19 heavy (non-hydrogen) atoms. The number of benzene rings is 1. The lowest BCUT2D eigenvalue weighted by atomic mass is 10.1. The lowest BCUT2D eigenvalue weighted by molar-refractivity contribution is 0.0976. The van der Waals surface area contributed by atoms with Crippen molar-refractivity contribution < 1.29 is 9.47 Å². The number of rotatable bonds is 2. The van der Waals surface area contributed by atoms with Crippen LogP contribution >= 0.6 is 0 Å². The normalized spacial score (nSPS) is 17.2. The molecule has 2 aromatic rings. The van der Waals surface area contributed by atoms with Crippen molar-refractivity contribution in [1.82, 2.24) is 4.98 Å². The third-order valence-electron chi connectivity index (χ3n) is 3.01. The summed E-state index contributed by atoms with van der Waals surface area (Å²) in [6.45, 7) is 0.831. The maximum atomic E-state index is 11.4. The summed E-state index contributed by atoms with van der Waals surface area (Å²) in [4.78, 5) is 14.2. The summed E-state index contributed by atoms with van der Waals surface area (Å²) in [7, 11) is 0. The molecule has 0 aliphatic carbocycles. The van der Waals surface area contributed by atoms with E-state index < -0.39 is 0 Å². The van der Waals surface area contributed by atoms with Crippen LogP contribution in [0.2, 0.25) is 0 Å². The van der Waals surface area contributed by atoms with Crippen LogP contribution in [0.3, 0.4) is 0 Å². The first kappa shape index (κ1) is 11.8. The third-order valence-corrected chi connectivity index (χ3v) is 3.01. The second-order valence-corrected chi connectivity index (χ2v) is 4.35. The quantitative estimate of drug-likeness (QED) is 0.846. The molecule has 1 aliphatic rings. The van der Waals surface area contributed by atoms with Crippen LogP contribution < -0.4 is 20.8 Å². The number of hydrogen-bond donors (Lipinski definition) is 2. The average Bonchev–Trinajstić information content (AvgIpc) is 2.46. The number of hydrogen-bond acceptors (Lipinski definition) is 4. The molecule has 1 aliphatic heterocycles. The zero-order chi connectivity index (χ0) is 13.2. The van der Waals surface area contributed by atoms with E-state index in [-0.39, 0.29) is 11.7 Å².